The first kappa shape index (κ1) is 24.9. The van der Waals surface area contributed by atoms with Crippen LogP contribution in [0.5, 0.6) is 0 Å². The number of aromatic nitrogens is 2. The van der Waals surface area contributed by atoms with Crippen LogP contribution >= 0.6 is 0 Å². The molecule has 4 atom stereocenters. The SMILES string of the molecule is CCOC(=O)[C@H]1CN(C(C)CC(C)Cn2c(=O)[nH]c3ccccc3c2=O)CC[C@H]1c1ccccc1. The molecule has 7 heteroatoms. The summed E-state index contributed by atoms with van der Waals surface area (Å²) in [5.74, 6) is -0.0981. The second-order valence-corrected chi connectivity index (χ2v) is 9.74. The average molecular weight is 478 g/mol. The lowest BCUT2D eigenvalue weighted by Crippen LogP contribution is -2.47. The molecule has 1 fully saturated rings. The van der Waals surface area contributed by atoms with Crippen LogP contribution in [0.2, 0.25) is 0 Å². The molecule has 1 saturated heterocycles. The number of likely N-dealkylation sites (tertiary alicyclic amines) is 1. The maximum absolute atomic E-state index is 12.9. The minimum atomic E-state index is -0.376. The van der Waals surface area contributed by atoms with Gasteiger partial charge in [-0.15, -0.1) is 0 Å². The number of benzene rings is 2. The Hall–Kier alpha value is -3.19. The van der Waals surface area contributed by atoms with E-state index in [4.69, 9.17) is 4.74 Å². The van der Waals surface area contributed by atoms with Crippen LogP contribution in [0.3, 0.4) is 0 Å². The maximum Gasteiger partial charge on any atom is 0.328 e. The van der Waals surface area contributed by atoms with E-state index in [-0.39, 0.29) is 41.0 Å². The second-order valence-electron chi connectivity index (χ2n) is 9.74. The first-order chi connectivity index (χ1) is 16.9. The number of hydrogen-bond donors (Lipinski definition) is 1. The molecule has 1 aromatic heterocycles. The van der Waals surface area contributed by atoms with Crippen LogP contribution in [-0.2, 0) is 16.1 Å². The fourth-order valence-corrected chi connectivity index (χ4v) is 5.45. The van der Waals surface area contributed by atoms with Crippen LogP contribution < -0.4 is 11.2 Å². The summed E-state index contributed by atoms with van der Waals surface area (Å²) in [5, 5.41) is 0.521. The van der Waals surface area contributed by atoms with E-state index >= 15 is 0 Å². The van der Waals surface area contributed by atoms with E-state index < -0.39 is 0 Å². The highest BCUT2D eigenvalue weighted by atomic mass is 16.5. The number of fused-ring (bicyclic) bond motifs is 1. The standard InChI is InChI=1S/C28H35N3O4/c1-4-35-27(33)24-18-30(15-14-22(24)21-10-6-5-7-11-21)20(3)16-19(2)17-31-26(32)23-12-8-9-13-25(23)29-28(31)34/h5-13,19-20,22,24H,4,14-18H2,1-3H3,(H,29,34)/t19?,20?,22-,24-/m0/s1. The van der Waals surface area contributed by atoms with Crippen molar-refractivity contribution >= 4 is 16.9 Å². The predicted molar refractivity (Wildman–Crippen MR) is 138 cm³/mol. The van der Waals surface area contributed by atoms with Crippen LogP contribution in [0.15, 0.2) is 64.2 Å². The Kier molecular flexibility index (Phi) is 7.86. The Labute approximate surface area is 205 Å². The van der Waals surface area contributed by atoms with Crippen molar-refractivity contribution in [1.29, 1.82) is 0 Å². The second kappa shape index (κ2) is 11.0. The van der Waals surface area contributed by atoms with Crippen molar-refractivity contribution in [3.63, 3.8) is 0 Å². The molecule has 0 saturated carbocycles. The van der Waals surface area contributed by atoms with Crippen LogP contribution in [0.4, 0.5) is 0 Å². The van der Waals surface area contributed by atoms with E-state index in [2.05, 4.69) is 35.9 Å². The van der Waals surface area contributed by atoms with Gasteiger partial charge < -0.3 is 9.72 Å². The molecule has 0 amide bonds. The van der Waals surface area contributed by atoms with Gasteiger partial charge in [0.1, 0.15) is 0 Å². The van der Waals surface area contributed by atoms with E-state index in [0.717, 1.165) is 19.4 Å². The monoisotopic (exact) mass is 477 g/mol. The number of esters is 1. The van der Waals surface area contributed by atoms with Gasteiger partial charge in [0.2, 0.25) is 0 Å². The van der Waals surface area contributed by atoms with Gasteiger partial charge in [0.15, 0.2) is 0 Å². The summed E-state index contributed by atoms with van der Waals surface area (Å²) in [6, 6.07) is 17.5. The highest BCUT2D eigenvalue weighted by molar-refractivity contribution is 5.77. The number of ether oxygens (including phenoxy) is 1. The van der Waals surface area contributed by atoms with Crippen LogP contribution in [-0.4, -0.2) is 46.2 Å². The molecule has 0 bridgehead atoms. The quantitative estimate of drug-likeness (QED) is 0.499. The number of piperidine rings is 1. The molecule has 1 aliphatic heterocycles. The van der Waals surface area contributed by atoms with Crippen molar-refractivity contribution in [2.45, 2.75) is 52.1 Å². The van der Waals surface area contributed by atoms with Gasteiger partial charge in [-0.05, 0) is 62.8 Å². The smallest absolute Gasteiger partial charge is 0.328 e. The fraction of sp³-hybridized carbons (Fsp3) is 0.464. The van der Waals surface area contributed by atoms with E-state index in [1.54, 1.807) is 24.3 Å². The summed E-state index contributed by atoms with van der Waals surface area (Å²) in [6.45, 7) is 8.33. The zero-order valence-electron chi connectivity index (χ0n) is 20.8. The molecule has 0 radical (unpaired) electrons. The molecule has 2 unspecified atom stereocenters. The molecule has 4 rings (SSSR count). The zero-order chi connectivity index (χ0) is 24.9. The molecule has 0 spiro atoms. The molecular weight excluding hydrogens is 442 g/mol. The van der Waals surface area contributed by atoms with Gasteiger partial charge in [-0.2, -0.15) is 0 Å². The Morgan fingerprint density at radius 1 is 1.09 bits per heavy atom. The maximum atomic E-state index is 12.9. The number of carbonyl (C=O) groups excluding carboxylic acids is 1. The Bertz CT molecular complexity index is 1270. The van der Waals surface area contributed by atoms with Crippen LogP contribution in [0, 0.1) is 11.8 Å². The number of hydrogen-bond acceptors (Lipinski definition) is 5. The van der Waals surface area contributed by atoms with E-state index in [1.807, 2.05) is 25.1 Å². The molecule has 0 aliphatic carbocycles. The van der Waals surface area contributed by atoms with Crippen molar-refractivity contribution in [2.75, 3.05) is 19.7 Å². The number of nitrogens with one attached hydrogen (secondary N) is 1. The summed E-state index contributed by atoms with van der Waals surface area (Å²) in [5.41, 5.74) is 1.11. The van der Waals surface area contributed by atoms with Crippen LogP contribution in [0.25, 0.3) is 10.9 Å². The highest BCUT2D eigenvalue weighted by Crippen LogP contribution is 2.35. The number of rotatable bonds is 8. The lowest BCUT2D eigenvalue weighted by Gasteiger charge is -2.41. The molecule has 2 aromatic carbocycles. The molecule has 2 heterocycles. The van der Waals surface area contributed by atoms with Crippen molar-refractivity contribution in [2.24, 2.45) is 11.8 Å². The highest BCUT2D eigenvalue weighted by Gasteiger charge is 2.37. The summed E-state index contributed by atoms with van der Waals surface area (Å²) >= 11 is 0. The molecule has 186 valence electrons. The molecular formula is C28H35N3O4. The van der Waals surface area contributed by atoms with Gasteiger partial charge in [-0.3, -0.25) is 19.1 Å². The van der Waals surface area contributed by atoms with E-state index in [0.29, 0.717) is 30.6 Å². The van der Waals surface area contributed by atoms with E-state index in [1.165, 1.54) is 10.1 Å². The number of para-hydroxylation sites is 1. The van der Waals surface area contributed by atoms with Gasteiger partial charge in [-0.25, -0.2) is 4.79 Å². The topological polar surface area (TPSA) is 84.4 Å². The third-order valence-electron chi connectivity index (χ3n) is 7.21. The third-order valence-corrected chi connectivity index (χ3v) is 7.21. The molecule has 1 aliphatic rings. The van der Waals surface area contributed by atoms with Crippen molar-refractivity contribution in [3.05, 3.63) is 81.0 Å². The van der Waals surface area contributed by atoms with Gasteiger partial charge in [0.05, 0.1) is 23.4 Å². The molecule has 7 nitrogen and oxygen atoms in total. The largest absolute Gasteiger partial charge is 0.466 e. The predicted octanol–water partition coefficient (Wildman–Crippen LogP) is 3.77. The Morgan fingerprint density at radius 2 is 1.80 bits per heavy atom. The summed E-state index contributed by atoms with van der Waals surface area (Å²) in [4.78, 5) is 43.5. The summed E-state index contributed by atoms with van der Waals surface area (Å²) in [6.07, 6.45) is 1.69. The number of aromatic amines is 1. The summed E-state index contributed by atoms with van der Waals surface area (Å²) in [7, 11) is 0. The van der Waals surface area contributed by atoms with Gasteiger partial charge in [-0.1, -0.05) is 49.4 Å². The first-order valence-corrected chi connectivity index (χ1v) is 12.6. The van der Waals surface area contributed by atoms with E-state index in [9.17, 15) is 14.4 Å². The average Bonchev–Trinajstić information content (AvgIpc) is 2.87. The Balaban J connectivity index is 1.45. The summed E-state index contributed by atoms with van der Waals surface area (Å²) < 4.78 is 6.75. The molecule has 35 heavy (non-hydrogen) atoms. The first-order valence-electron chi connectivity index (χ1n) is 12.6. The lowest BCUT2D eigenvalue weighted by atomic mass is 9.79. The minimum absolute atomic E-state index is 0.109. The van der Waals surface area contributed by atoms with Crippen molar-refractivity contribution in [3.8, 4) is 0 Å². The number of carbonyl (C=O) groups is 1. The van der Waals surface area contributed by atoms with Gasteiger partial charge in [0.25, 0.3) is 5.56 Å². The lowest BCUT2D eigenvalue weighted by molar-refractivity contribution is -0.151. The third kappa shape index (κ3) is 5.56. The van der Waals surface area contributed by atoms with Gasteiger partial charge >= 0.3 is 11.7 Å². The number of nitrogens with zero attached hydrogens (tertiary/aromatic N) is 2. The Morgan fingerprint density at radius 3 is 2.54 bits per heavy atom. The zero-order valence-corrected chi connectivity index (χ0v) is 20.8. The van der Waals surface area contributed by atoms with Gasteiger partial charge in [0, 0.05) is 19.1 Å². The van der Waals surface area contributed by atoms with Crippen molar-refractivity contribution < 1.29 is 9.53 Å². The minimum Gasteiger partial charge on any atom is -0.466 e. The normalized spacial score (nSPS) is 20.4. The number of H-pyrrole nitrogens is 1. The van der Waals surface area contributed by atoms with Crippen molar-refractivity contribution in [1.82, 2.24) is 14.5 Å². The van der Waals surface area contributed by atoms with Crippen LogP contribution in [0.1, 0.15) is 45.1 Å². The molecule has 3 aromatic rings. The fourth-order valence-electron chi connectivity index (χ4n) is 5.45. The molecule has 1 N–H and O–H groups in total.